The number of carbonyl (C=O) groups is 1. The minimum Gasteiger partial charge on any atom is -0.338 e. The Morgan fingerprint density at radius 1 is 0.975 bits per heavy atom. The first-order valence-corrected chi connectivity index (χ1v) is 13.2. The van der Waals surface area contributed by atoms with Gasteiger partial charge in [0.15, 0.2) is 5.82 Å². The van der Waals surface area contributed by atoms with Crippen molar-refractivity contribution in [2.45, 2.75) is 25.4 Å². The van der Waals surface area contributed by atoms with E-state index >= 15 is 0 Å². The first-order chi connectivity index (χ1) is 19.2. The Morgan fingerprint density at radius 2 is 1.75 bits per heavy atom. The highest BCUT2D eigenvalue weighted by Crippen LogP contribution is 2.53. The first kappa shape index (κ1) is 24.6. The number of H-pyrrole nitrogens is 1. The van der Waals surface area contributed by atoms with Gasteiger partial charge < -0.3 is 14.5 Å². The van der Waals surface area contributed by atoms with Crippen molar-refractivity contribution in [3.05, 3.63) is 78.1 Å². The van der Waals surface area contributed by atoms with Crippen LogP contribution in [0.3, 0.4) is 0 Å². The Hall–Kier alpha value is -4.47. The number of rotatable bonds is 4. The van der Waals surface area contributed by atoms with Gasteiger partial charge in [-0.05, 0) is 54.0 Å². The predicted molar refractivity (Wildman–Crippen MR) is 144 cm³/mol. The molecule has 0 radical (unpaired) electrons. The molecule has 0 unspecified atom stereocenters. The van der Waals surface area contributed by atoms with Crippen LogP contribution in [-0.2, 0) is 13.2 Å². The van der Waals surface area contributed by atoms with Crippen LogP contribution in [0.1, 0.15) is 35.2 Å². The zero-order chi connectivity index (χ0) is 27.6. The molecule has 7 nitrogen and oxygen atoms in total. The summed E-state index contributed by atoms with van der Waals surface area (Å²) in [6.45, 7) is 1.19. The van der Waals surface area contributed by atoms with Gasteiger partial charge in [-0.3, -0.25) is 4.79 Å². The van der Waals surface area contributed by atoms with Crippen molar-refractivity contribution in [2.24, 2.45) is 12.5 Å². The molecule has 1 spiro atoms. The Bertz CT molecular complexity index is 1780. The molecule has 3 aromatic carbocycles. The Balaban J connectivity index is 1.29. The summed E-state index contributed by atoms with van der Waals surface area (Å²) in [4.78, 5) is 22.3. The molecule has 3 heterocycles. The van der Waals surface area contributed by atoms with Crippen LogP contribution in [0.5, 0.6) is 0 Å². The van der Waals surface area contributed by atoms with Gasteiger partial charge in [0.1, 0.15) is 12.2 Å². The highest BCUT2D eigenvalue weighted by atomic mass is 19.4. The number of fused-ring (bicyclic) bond motifs is 1. The number of amides is 1. The molecule has 2 aliphatic rings. The summed E-state index contributed by atoms with van der Waals surface area (Å²) in [5.74, 6) is 0.617. The van der Waals surface area contributed by atoms with E-state index in [9.17, 15) is 18.0 Å². The quantitative estimate of drug-likeness (QED) is 0.288. The molecule has 1 saturated carbocycles. The molecule has 0 bridgehead atoms. The van der Waals surface area contributed by atoms with Crippen molar-refractivity contribution < 1.29 is 18.0 Å². The lowest BCUT2D eigenvalue weighted by molar-refractivity contribution is -0.136. The van der Waals surface area contributed by atoms with E-state index in [2.05, 4.69) is 20.2 Å². The second-order valence-corrected chi connectivity index (χ2v) is 10.9. The summed E-state index contributed by atoms with van der Waals surface area (Å²) >= 11 is 0. The lowest BCUT2D eigenvalue weighted by atomic mass is 9.97. The smallest absolute Gasteiger partial charge is 0.338 e. The number of aryl methyl sites for hydroxylation is 1. The number of carbonyl (C=O) groups excluding carboxylic acids is 1. The molecular weight excluding hydrogens is 517 g/mol. The van der Waals surface area contributed by atoms with E-state index in [0.717, 1.165) is 42.0 Å². The Morgan fingerprint density at radius 3 is 2.45 bits per heavy atom. The number of halogens is 3. The molecule has 1 amide bonds. The Kier molecular flexibility index (Phi) is 5.39. The zero-order valence-electron chi connectivity index (χ0n) is 21.7. The van der Waals surface area contributed by atoms with Gasteiger partial charge in [-0.15, -0.1) is 10.2 Å². The number of aromatic amines is 1. The number of hydrogen-bond acceptors (Lipinski definition) is 4. The molecule has 1 N–H and O–H groups in total. The van der Waals surface area contributed by atoms with E-state index in [4.69, 9.17) is 0 Å². The van der Waals surface area contributed by atoms with E-state index < -0.39 is 11.7 Å². The van der Waals surface area contributed by atoms with Gasteiger partial charge in [-0.2, -0.15) is 13.2 Å². The van der Waals surface area contributed by atoms with Gasteiger partial charge in [0, 0.05) is 36.8 Å². The largest absolute Gasteiger partial charge is 0.418 e. The molecular formula is C30H25F3N6O. The van der Waals surface area contributed by atoms with Gasteiger partial charge >= 0.3 is 6.18 Å². The fourth-order valence-electron chi connectivity index (χ4n) is 5.76. The summed E-state index contributed by atoms with van der Waals surface area (Å²) in [5.41, 5.74) is 2.54. The van der Waals surface area contributed by atoms with Crippen LogP contribution in [0.25, 0.3) is 44.9 Å². The fraction of sp³-hybridized carbons (Fsp3) is 0.267. The van der Waals surface area contributed by atoms with E-state index in [1.165, 1.54) is 6.07 Å². The van der Waals surface area contributed by atoms with Gasteiger partial charge in [-0.1, -0.05) is 42.5 Å². The molecule has 1 aliphatic carbocycles. The summed E-state index contributed by atoms with van der Waals surface area (Å²) < 4.78 is 44.4. The van der Waals surface area contributed by atoms with Crippen LogP contribution >= 0.6 is 0 Å². The summed E-state index contributed by atoms with van der Waals surface area (Å²) in [5, 5.41) is 8.22. The third kappa shape index (κ3) is 4.14. The maximum atomic E-state index is 14.2. The number of likely N-dealkylation sites (tertiary alicyclic amines) is 1. The Labute approximate surface area is 227 Å². The lowest BCUT2D eigenvalue weighted by Gasteiger charge is -2.17. The topological polar surface area (TPSA) is 79.7 Å². The maximum absolute atomic E-state index is 14.2. The van der Waals surface area contributed by atoms with Gasteiger partial charge in [0.25, 0.3) is 5.91 Å². The van der Waals surface area contributed by atoms with Gasteiger partial charge in [0.05, 0.1) is 16.6 Å². The molecule has 10 heteroatoms. The number of benzene rings is 3. The molecule has 40 heavy (non-hydrogen) atoms. The van der Waals surface area contributed by atoms with Crippen LogP contribution in [0.4, 0.5) is 13.2 Å². The standard InChI is InChI=1S/C30H25F3N6O/c1-38-17-34-37-27(38)22-8-3-2-7-21(22)18-5-4-6-19(13-18)26-35-24-15-20(14-23(25(24)36-26)30(31,32)33)28(40)39-12-11-29(16-39)9-10-29/h2-8,13-15,17H,9-12,16H2,1H3,(H,35,36). The molecule has 1 aliphatic heterocycles. The van der Waals surface area contributed by atoms with Crippen LogP contribution in [0.15, 0.2) is 67.0 Å². The SMILES string of the molecule is Cn1cnnc1-c1ccccc1-c1cccc(-c2nc3cc(C(=O)N4CCC5(CC5)C4)cc(C(F)(F)F)c3[nH]2)c1. The molecule has 202 valence electrons. The normalized spacial score (nSPS) is 16.2. The molecule has 0 atom stereocenters. The molecule has 1 saturated heterocycles. The monoisotopic (exact) mass is 542 g/mol. The molecule has 2 aromatic heterocycles. The van der Waals surface area contributed by atoms with Crippen molar-refractivity contribution in [3.63, 3.8) is 0 Å². The zero-order valence-corrected chi connectivity index (χ0v) is 21.7. The van der Waals surface area contributed by atoms with E-state index in [-0.39, 0.29) is 27.9 Å². The first-order valence-electron chi connectivity index (χ1n) is 13.2. The third-order valence-corrected chi connectivity index (χ3v) is 8.15. The van der Waals surface area contributed by atoms with Crippen LogP contribution in [0, 0.1) is 5.41 Å². The van der Waals surface area contributed by atoms with E-state index in [0.29, 0.717) is 30.3 Å². The highest BCUT2D eigenvalue weighted by molar-refractivity contribution is 5.99. The number of hydrogen-bond donors (Lipinski definition) is 1. The third-order valence-electron chi connectivity index (χ3n) is 8.15. The second kappa shape index (κ2) is 8.77. The number of imidazole rings is 1. The summed E-state index contributed by atoms with van der Waals surface area (Å²) in [7, 11) is 1.86. The maximum Gasteiger partial charge on any atom is 0.418 e. The van der Waals surface area contributed by atoms with Crippen molar-refractivity contribution in [3.8, 4) is 33.9 Å². The number of nitrogens with one attached hydrogen (secondary N) is 1. The van der Waals surface area contributed by atoms with Crippen LogP contribution in [0.2, 0.25) is 0 Å². The van der Waals surface area contributed by atoms with Crippen molar-refractivity contribution in [1.82, 2.24) is 29.6 Å². The average Bonchev–Trinajstić information content (AvgIpc) is 3.24. The lowest BCUT2D eigenvalue weighted by Crippen LogP contribution is -2.29. The molecule has 5 aromatic rings. The number of aromatic nitrogens is 5. The van der Waals surface area contributed by atoms with Gasteiger partial charge in [0.2, 0.25) is 0 Å². The second-order valence-electron chi connectivity index (χ2n) is 10.9. The summed E-state index contributed by atoms with van der Waals surface area (Å²) in [6.07, 6.45) is 0.0403. The van der Waals surface area contributed by atoms with Crippen LogP contribution < -0.4 is 0 Å². The van der Waals surface area contributed by atoms with Crippen LogP contribution in [-0.4, -0.2) is 48.6 Å². The molecule has 2 fully saturated rings. The molecule has 7 rings (SSSR count). The minimum absolute atomic E-state index is 0.0157. The van der Waals surface area contributed by atoms with Crippen molar-refractivity contribution in [1.29, 1.82) is 0 Å². The van der Waals surface area contributed by atoms with Crippen molar-refractivity contribution in [2.75, 3.05) is 13.1 Å². The van der Waals surface area contributed by atoms with Crippen molar-refractivity contribution >= 4 is 16.9 Å². The number of nitrogens with zero attached hydrogens (tertiary/aromatic N) is 5. The van der Waals surface area contributed by atoms with Gasteiger partial charge in [-0.25, -0.2) is 4.98 Å². The van der Waals surface area contributed by atoms with E-state index in [1.54, 1.807) is 17.3 Å². The highest BCUT2D eigenvalue weighted by Gasteiger charge is 2.49. The minimum atomic E-state index is -4.65. The average molecular weight is 543 g/mol. The number of alkyl halides is 3. The van der Waals surface area contributed by atoms with E-state index in [1.807, 2.05) is 54.1 Å². The predicted octanol–water partition coefficient (Wildman–Crippen LogP) is 6.34. The fourth-order valence-corrected chi connectivity index (χ4v) is 5.76. The summed E-state index contributed by atoms with van der Waals surface area (Å²) in [6, 6.07) is 17.6.